The lowest BCUT2D eigenvalue weighted by atomic mass is 9.71. The van der Waals surface area contributed by atoms with Gasteiger partial charge in [0.15, 0.2) is 0 Å². The van der Waals surface area contributed by atoms with Crippen LogP contribution in [0.4, 0.5) is 37.7 Å². The lowest BCUT2D eigenvalue weighted by molar-refractivity contribution is -0.289. The number of rotatable bonds is 2. The molecule has 0 aliphatic rings. The van der Waals surface area contributed by atoms with Gasteiger partial charge in [0.05, 0.1) is 11.4 Å². The molecule has 0 saturated carbocycles. The predicted octanol–water partition coefficient (Wildman–Crippen LogP) is 3.67. The smallest absolute Gasteiger partial charge is 0.411 e. The number of phenolic OH excluding ortho intramolecular Hbond substituents is 2. The highest BCUT2D eigenvalue weighted by atomic mass is 19.4. The lowest BCUT2D eigenvalue weighted by Crippen LogP contribution is -2.54. The van der Waals surface area contributed by atoms with Gasteiger partial charge in [0.2, 0.25) is 5.41 Å². The second-order valence-electron chi connectivity index (χ2n) is 5.23. The molecule has 4 nitrogen and oxygen atoms in total. The molecule has 0 radical (unpaired) electrons. The van der Waals surface area contributed by atoms with Gasteiger partial charge in [0.25, 0.3) is 0 Å². The van der Waals surface area contributed by atoms with E-state index in [0.717, 1.165) is 24.3 Å². The number of hydrogen-bond acceptors (Lipinski definition) is 4. The molecule has 0 unspecified atom stereocenters. The van der Waals surface area contributed by atoms with Crippen LogP contribution < -0.4 is 11.5 Å². The highest BCUT2D eigenvalue weighted by molar-refractivity contribution is 5.66. The van der Waals surface area contributed by atoms with Crippen molar-refractivity contribution in [2.24, 2.45) is 0 Å². The number of halogens is 6. The Bertz CT molecular complexity index is 734. The molecule has 0 spiro atoms. The third-order valence-corrected chi connectivity index (χ3v) is 3.79. The van der Waals surface area contributed by atoms with Gasteiger partial charge < -0.3 is 21.7 Å². The van der Waals surface area contributed by atoms with E-state index in [1.807, 2.05) is 0 Å². The second-order valence-corrected chi connectivity index (χ2v) is 5.23. The van der Waals surface area contributed by atoms with Crippen LogP contribution in [0.5, 0.6) is 11.5 Å². The summed E-state index contributed by atoms with van der Waals surface area (Å²) in [6.45, 7) is 0. The average Bonchev–Trinajstić information content (AvgIpc) is 2.45. The SMILES string of the molecule is Nc1cccc(C(c2cccc(N)c2O)(C(F)(F)F)C(F)(F)F)c1O. The Morgan fingerprint density at radius 1 is 0.640 bits per heavy atom. The third kappa shape index (κ3) is 2.57. The van der Waals surface area contributed by atoms with E-state index in [-0.39, 0.29) is 0 Å². The average molecular weight is 366 g/mol. The molecule has 0 bridgehead atoms. The largest absolute Gasteiger partial charge is 0.505 e. The summed E-state index contributed by atoms with van der Waals surface area (Å²) >= 11 is 0. The van der Waals surface area contributed by atoms with Gasteiger partial charge in [-0.1, -0.05) is 24.3 Å². The Balaban J connectivity index is 3.09. The van der Waals surface area contributed by atoms with Crippen LogP contribution in [-0.2, 0) is 5.41 Å². The lowest BCUT2D eigenvalue weighted by Gasteiger charge is -2.39. The van der Waals surface area contributed by atoms with Crippen LogP contribution in [0.15, 0.2) is 36.4 Å². The maximum Gasteiger partial charge on any atom is 0.411 e. The molecule has 0 heterocycles. The normalized spacial score (nSPS) is 13.0. The van der Waals surface area contributed by atoms with Gasteiger partial charge in [0, 0.05) is 11.1 Å². The van der Waals surface area contributed by atoms with Crippen LogP contribution in [0.2, 0.25) is 0 Å². The fourth-order valence-electron chi connectivity index (χ4n) is 2.64. The minimum Gasteiger partial charge on any atom is -0.505 e. The van der Waals surface area contributed by atoms with E-state index in [1.54, 1.807) is 0 Å². The molecule has 136 valence electrons. The molecule has 10 heteroatoms. The van der Waals surface area contributed by atoms with Crippen molar-refractivity contribution in [2.45, 2.75) is 17.8 Å². The molecule has 2 aromatic carbocycles. The molecule has 2 rings (SSSR count). The minimum atomic E-state index is -5.98. The van der Waals surface area contributed by atoms with E-state index in [4.69, 9.17) is 11.5 Å². The van der Waals surface area contributed by atoms with Crippen molar-refractivity contribution in [1.29, 1.82) is 0 Å². The standard InChI is InChI=1S/C15H12F6N2O2/c16-14(17,18)13(15(19,20)21,7-3-1-5-9(22)11(7)24)8-4-2-6-10(23)12(8)25/h1-6,24-25H,22-23H2. The van der Waals surface area contributed by atoms with Crippen LogP contribution in [0.3, 0.4) is 0 Å². The topological polar surface area (TPSA) is 92.5 Å². The van der Waals surface area contributed by atoms with Crippen molar-refractivity contribution in [3.63, 3.8) is 0 Å². The first-order valence-corrected chi connectivity index (χ1v) is 6.65. The maximum atomic E-state index is 13.8. The Hall–Kier alpha value is -2.78. The summed E-state index contributed by atoms with van der Waals surface area (Å²) in [5, 5.41) is 19.7. The summed E-state index contributed by atoms with van der Waals surface area (Å²) in [5.74, 6) is -2.78. The zero-order chi connectivity index (χ0) is 19.2. The van der Waals surface area contributed by atoms with E-state index < -0.39 is 51.8 Å². The molecule has 0 saturated heterocycles. The van der Waals surface area contributed by atoms with E-state index in [0.29, 0.717) is 12.1 Å². The van der Waals surface area contributed by atoms with Gasteiger partial charge in [-0.25, -0.2) is 0 Å². The number of benzene rings is 2. The maximum absolute atomic E-state index is 13.8. The van der Waals surface area contributed by atoms with Crippen molar-refractivity contribution < 1.29 is 36.6 Å². The van der Waals surface area contributed by atoms with Gasteiger partial charge in [0.1, 0.15) is 11.5 Å². The summed E-state index contributed by atoms with van der Waals surface area (Å²) in [6.07, 6.45) is -12.0. The fourth-order valence-corrected chi connectivity index (χ4v) is 2.64. The van der Waals surface area contributed by atoms with E-state index >= 15 is 0 Å². The molecule has 6 N–H and O–H groups in total. The van der Waals surface area contributed by atoms with Crippen LogP contribution in [0, 0.1) is 0 Å². The number of alkyl halides is 6. The first-order valence-electron chi connectivity index (χ1n) is 6.65. The zero-order valence-corrected chi connectivity index (χ0v) is 12.3. The molecule has 2 aromatic rings. The van der Waals surface area contributed by atoms with Crippen molar-refractivity contribution in [1.82, 2.24) is 0 Å². The van der Waals surface area contributed by atoms with Crippen molar-refractivity contribution in [2.75, 3.05) is 11.5 Å². The van der Waals surface area contributed by atoms with Crippen LogP contribution in [0.25, 0.3) is 0 Å². The predicted molar refractivity (Wildman–Crippen MR) is 77.9 cm³/mol. The number of aromatic hydroxyl groups is 2. The molecule has 0 amide bonds. The van der Waals surface area contributed by atoms with E-state index in [2.05, 4.69) is 0 Å². The molecule has 25 heavy (non-hydrogen) atoms. The van der Waals surface area contributed by atoms with E-state index in [9.17, 15) is 36.6 Å². The van der Waals surface area contributed by atoms with Gasteiger partial charge in [-0.15, -0.1) is 0 Å². The van der Waals surface area contributed by atoms with Gasteiger partial charge >= 0.3 is 12.4 Å². The van der Waals surface area contributed by atoms with Crippen molar-refractivity contribution in [3.8, 4) is 11.5 Å². The Labute approximate surface area is 137 Å². The quantitative estimate of drug-likeness (QED) is 0.371. The summed E-state index contributed by atoms with van der Waals surface area (Å²) in [7, 11) is 0. The number of nitrogens with two attached hydrogens (primary N) is 2. The molecular formula is C15H12F6N2O2. The van der Waals surface area contributed by atoms with Crippen LogP contribution >= 0.6 is 0 Å². The van der Waals surface area contributed by atoms with E-state index in [1.165, 1.54) is 0 Å². The monoisotopic (exact) mass is 366 g/mol. The fraction of sp³-hybridized carbons (Fsp3) is 0.200. The van der Waals surface area contributed by atoms with Crippen molar-refractivity contribution in [3.05, 3.63) is 47.5 Å². The molecule has 0 aliphatic carbocycles. The molecule has 0 atom stereocenters. The summed E-state index contributed by atoms with van der Waals surface area (Å²) in [5.41, 5.74) is 1.33. The zero-order valence-electron chi connectivity index (χ0n) is 12.3. The molecule has 0 aromatic heterocycles. The number of phenols is 2. The Kier molecular flexibility index (Phi) is 4.19. The van der Waals surface area contributed by atoms with Gasteiger partial charge in [-0.3, -0.25) is 0 Å². The van der Waals surface area contributed by atoms with Crippen LogP contribution in [-0.4, -0.2) is 22.6 Å². The Morgan fingerprint density at radius 2 is 0.960 bits per heavy atom. The van der Waals surface area contributed by atoms with Gasteiger partial charge in [-0.2, -0.15) is 26.3 Å². The Morgan fingerprint density at radius 3 is 1.24 bits per heavy atom. The van der Waals surface area contributed by atoms with Crippen LogP contribution in [0.1, 0.15) is 11.1 Å². The highest BCUT2D eigenvalue weighted by Gasteiger charge is 2.74. The third-order valence-electron chi connectivity index (χ3n) is 3.79. The molecule has 0 fully saturated rings. The molecule has 0 aliphatic heterocycles. The number of hydrogen-bond donors (Lipinski definition) is 4. The minimum absolute atomic E-state index is 0.440. The number of para-hydroxylation sites is 2. The summed E-state index contributed by atoms with van der Waals surface area (Å²) < 4.78 is 83.1. The number of nitrogen functional groups attached to an aromatic ring is 2. The second kappa shape index (κ2) is 5.64. The first-order chi connectivity index (χ1) is 11.4. The first kappa shape index (κ1) is 18.6. The highest BCUT2D eigenvalue weighted by Crippen LogP contribution is 2.60. The van der Waals surface area contributed by atoms with Gasteiger partial charge in [-0.05, 0) is 12.1 Å². The summed E-state index contributed by atoms with van der Waals surface area (Å²) in [6, 6.07) is 4.43. The number of anilines is 2. The van der Waals surface area contributed by atoms with Crippen molar-refractivity contribution >= 4 is 11.4 Å². The summed E-state index contributed by atoms with van der Waals surface area (Å²) in [4.78, 5) is 0. The molecular weight excluding hydrogens is 354 g/mol.